The van der Waals surface area contributed by atoms with Crippen molar-refractivity contribution in [3.8, 4) is 0 Å². The predicted octanol–water partition coefficient (Wildman–Crippen LogP) is 2.94. The molecule has 0 bridgehead atoms. The number of carbonyl (C=O) groups is 1. The lowest BCUT2D eigenvalue weighted by Crippen LogP contribution is -2.27. The van der Waals surface area contributed by atoms with Crippen molar-refractivity contribution >= 4 is 5.78 Å². The maximum absolute atomic E-state index is 13.4. The summed E-state index contributed by atoms with van der Waals surface area (Å²) in [6.45, 7) is 5.34. The second kappa shape index (κ2) is 6.56. The lowest BCUT2D eigenvalue weighted by atomic mass is 10.1. The number of Topliss-reactive ketones (excluding diaryl/α,β-unsaturated/α-hetero) is 1. The molecular formula is C13H16F2O3. The van der Waals surface area contributed by atoms with Gasteiger partial charge in [-0.1, -0.05) is 0 Å². The maximum atomic E-state index is 13.4. The first kappa shape index (κ1) is 14.7. The first-order valence-corrected chi connectivity index (χ1v) is 5.72. The number of benzene rings is 1. The number of carbonyl (C=O) groups excluding carboxylic acids is 1. The minimum Gasteiger partial charge on any atom is -0.353 e. The average Bonchev–Trinajstić information content (AvgIpc) is 2.31. The largest absolute Gasteiger partial charge is 0.353 e. The van der Waals surface area contributed by atoms with Crippen LogP contribution in [0, 0.1) is 11.6 Å². The van der Waals surface area contributed by atoms with Crippen LogP contribution in [0.2, 0.25) is 0 Å². The van der Waals surface area contributed by atoms with Gasteiger partial charge in [-0.25, -0.2) is 8.78 Å². The van der Waals surface area contributed by atoms with E-state index in [-0.39, 0.29) is 5.56 Å². The highest BCUT2D eigenvalue weighted by Crippen LogP contribution is 2.14. The van der Waals surface area contributed by atoms with Gasteiger partial charge in [-0.2, -0.15) is 0 Å². The van der Waals surface area contributed by atoms with E-state index in [0.717, 1.165) is 18.2 Å². The SMILES string of the molecule is CCO[C@@H](C)O[C@H](C)C(=O)c1cc(F)ccc1F. The number of halogens is 2. The standard InChI is InChI=1S/C13H16F2O3/c1-4-17-9(3)18-8(2)13(16)11-7-10(14)5-6-12(11)15/h5-9H,4H2,1-3H3/t8-,9-/m1/s1. The molecule has 0 amide bonds. The highest BCUT2D eigenvalue weighted by Gasteiger charge is 2.22. The van der Waals surface area contributed by atoms with Crippen molar-refractivity contribution in [2.75, 3.05) is 6.61 Å². The molecule has 5 heteroatoms. The van der Waals surface area contributed by atoms with Gasteiger partial charge in [-0.15, -0.1) is 0 Å². The van der Waals surface area contributed by atoms with E-state index >= 15 is 0 Å². The fourth-order valence-corrected chi connectivity index (χ4v) is 1.53. The summed E-state index contributed by atoms with van der Waals surface area (Å²) in [5, 5.41) is 0. The monoisotopic (exact) mass is 258 g/mol. The highest BCUT2D eigenvalue weighted by molar-refractivity contribution is 5.99. The van der Waals surface area contributed by atoms with E-state index in [9.17, 15) is 13.6 Å². The Balaban J connectivity index is 2.77. The molecule has 0 heterocycles. The number of hydrogen-bond donors (Lipinski definition) is 0. The molecule has 0 fully saturated rings. The summed E-state index contributed by atoms with van der Waals surface area (Å²) in [6.07, 6.45) is -1.48. The molecule has 3 nitrogen and oxygen atoms in total. The Morgan fingerprint density at radius 3 is 2.61 bits per heavy atom. The highest BCUT2D eigenvalue weighted by atomic mass is 19.1. The third-order valence-electron chi connectivity index (χ3n) is 2.36. The van der Waals surface area contributed by atoms with Crippen molar-refractivity contribution in [3.63, 3.8) is 0 Å². The van der Waals surface area contributed by atoms with E-state index in [1.54, 1.807) is 13.8 Å². The Morgan fingerprint density at radius 2 is 2.00 bits per heavy atom. The Bertz CT molecular complexity index is 421. The van der Waals surface area contributed by atoms with Crippen LogP contribution in [0.25, 0.3) is 0 Å². The van der Waals surface area contributed by atoms with Crippen molar-refractivity contribution in [2.24, 2.45) is 0 Å². The van der Waals surface area contributed by atoms with Crippen LogP contribution in [0.3, 0.4) is 0 Å². The summed E-state index contributed by atoms with van der Waals surface area (Å²) in [6, 6.07) is 2.74. The van der Waals surface area contributed by atoms with Gasteiger partial charge in [0.1, 0.15) is 17.7 Å². The van der Waals surface area contributed by atoms with Crippen LogP contribution in [0.1, 0.15) is 31.1 Å². The van der Waals surface area contributed by atoms with Gasteiger partial charge in [-0.3, -0.25) is 4.79 Å². The summed E-state index contributed by atoms with van der Waals surface area (Å²) < 4.78 is 36.7. The predicted molar refractivity (Wildman–Crippen MR) is 62.3 cm³/mol. The molecule has 0 N–H and O–H groups in total. The third kappa shape index (κ3) is 3.85. The first-order chi connectivity index (χ1) is 8.45. The van der Waals surface area contributed by atoms with Gasteiger partial charge < -0.3 is 9.47 Å². The van der Waals surface area contributed by atoms with Gasteiger partial charge in [0.2, 0.25) is 0 Å². The molecule has 0 spiro atoms. The molecule has 0 aliphatic heterocycles. The number of ketones is 1. The normalized spacial score (nSPS) is 14.3. The first-order valence-electron chi connectivity index (χ1n) is 5.72. The summed E-state index contributed by atoms with van der Waals surface area (Å²) in [7, 11) is 0. The van der Waals surface area contributed by atoms with E-state index in [1.807, 2.05) is 0 Å². The van der Waals surface area contributed by atoms with Crippen LogP contribution in [-0.4, -0.2) is 24.8 Å². The van der Waals surface area contributed by atoms with E-state index < -0.39 is 29.8 Å². The van der Waals surface area contributed by atoms with Crippen molar-refractivity contribution in [1.82, 2.24) is 0 Å². The number of hydrogen-bond acceptors (Lipinski definition) is 3. The van der Waals surface area contributed by atoms with Crippen LogP contribution in [0.15, 0.2) is 18.2 Å². The Morgan fingerprint density at radius 1 is 1.33 bits per heavy atom. The molecule has 0 aliphatic carbocycles. The topological polar surface area (TPSA) is 35.5 Å². The van der Waals surface area contributed by atoms with Gasteiger partial charge in [0.15, 0.2) is 12.1 Å². The summed E-state index contributed by atoms with van der Waals surface area (Å²) in [5.74, 6) is -2.04. The molecule has 0 saturated heterocycles. The molecule has 100 valence electrons. The third-order valence-corrected chi connectivity index (χ3v) is 2.36. The molecule has 1 aromatic carbocycles. The average molecular weight is 258 g/mol. The molecule has 2 atom stereocenters. The maximum Gasteiger partial charge on any atom is 0.194 e. The molecule has 0 radical (unpaired) electrons. The second-order valence-electron chi connectivity index (χ2n) is 3.79. The van der Waals surface area contributed by atoms with Crippen molar-refractivity contribution in [1.29, 1.82) is 0 Å². The zero-order valence-electron chi connectivity index (χ0n) is 10.6. The smallest absolute Gasteiger partial charge is 0.194 e. The molecule has 0 saturated carbocycles. The lowest BCUT2D eigenvalue weighted by Gasteiger charge is -2.18. The molecule has 0 aromatic heterocycles. The minimum atomic E-state index is -0.900. The Kier molecular flexibility index (Phi) is 5.37. The zero-order chi connectivity index (χ0) is 13.7. The van der Waals surface area contributed by atoms with E-state index in [4.69, 9.17) is 9.47 Å². The Labute approximate surface area is 105 Å². The quantitative estimate of drug-likeness (QED) is 0.581. The van der Waals surface area contributed by atoms with Crippen molar-refractivity contribution < 1.29 is 23.0 Å². The molecule has 0 unspecified atom stereocenters. The Hall–Kier alpha value is -1.33. The second-order valence-corrected chi connectivity index (χ2v) is 3.79. The number of ether oxygens (including phenoxy) is 2. The summed E-state index contributed by atoms with van der Waals surface area (Å²) in [4.78, 5) is 11.9. The van der Waals surface area contributed by atoms with Crippen LogP contribution in [0.5, 0.6) is 0 Å². The van der Waals surface area contributed by atoms with Gasteiger partial charge in [0.25, 0.3) is 0 Å². The van der Waals surface area contributed by atoms with Gasteiger partial charge in [0.05, 0.1) is 5.56 Å². The fourth-order valence-electron chi connectivity index (χ4n) is 1.53. The van der Waals surface area contributed by atoms with Gasteiger partial charge in [0, 0.05) is 6.61 Å². The van der Waals surface area contributed by atoms with Crippen LogP contribution in [-0.2, 0) is 9.47 Å². The molecule has 0 aliphatic rings. The van der Waals surface area contributed by atoms with Crippen molar-refractivity contribution in [3.05, 3.63) is 35.4 Å². The summed E-state index contributed by atoms with van der Waals surface area (Å²) >= 11 is 0. The van der Waals surface area contributed by atoms with Crippen LogP contribution >= 0.6 is 0 Å². The van der Waals surface area contributed by atoms with Gasteiger partial charge >= 0.3 is 0 Å². The van der Waals surface area contributed by atoms with Gasteiger partial charge in [-0.05, 0) is 39.0 Å². The number of rotatable bonds is 6. The van der Waals surface area contributed by atoms with Crippen LogP contribution < -0.4 is 0 Å². The molecule has 18 heavy (non-hydrogen) atoms. The summed E-state index contributed by atoms with van der Waals surface area (Å²) in [5.41, 5.74) is -0.314. The zero-order valence-corrected chi connectivity index (χ0v) is 10.6. The molecular weight excluding hydrogens is 242 g/mol. The minimum absolute atomic E-state index is 0.314. The molecule has 1 rings (SSSR count). The lowest BCUT2D eigenvalue weighted by molar-refractivity contribution is -0.142. The van der Waals surface area contributed by atoms with E-state index in [2.05, 4.69) is 0 Å². The fraction of sp³-hybridized carbons (Fsp3) is 0.462. The van der Waals surface area contributed by atoms with Crippen LogP contribution in [0.4, 0.5) is 8.78 Å². The van der Waals surface area contributed by atoms with E-state index in [1.165, 1.54) is 6.92 Å². The van der Waals surface area contributed by atoms with Crippen molar-refractivity contribution in [2.45, 2.75) is 33.2 Å². The molecule has 1 aromatic rings. The van der Waals surface area contributed by atoms with E-state index in [0.29, 0.717) is 6.61 Å².